The number of nitrogens with two attached hydrogens (primary N) is 1. The van der Waals surface area contributed by atoms with Crippen LogP contribution >= 0.6 is 0 Å². The van der Waals surface area contributed by atoms with Crippen molar-refractivity contribution in [1.82, 2.24) is 0 Å². The average molecular weight is 293 g/mol. The molecule has 2 unspecified atom stereocenters. The number of aliphatic carboxylic acids is 1. The van der Waals surface area contributed by atoms with Crippen LogP contribution in [-0.2, 0) is 15.1 Å². The lowest BCUT2D eigenvalue weighted by molar-refractivity contribution is -0.147. The first-order valence-corrected chi connectivity index (χ1v) is 7.70. The van der Waals surface area contributed by atoms with E-state index in [0.29, 0.717) is 5.56 Å². The van der Waals surface area contributed by atoms with Gasteiger partial charge in [-0.05, 0) is 18.9 Å². The second kappa shape index (κ2) is 8.80. The molecule has 118 valence electrons. The predicted octanol–water partition coefficient (Wildman–Crippen LogP) is 3.30. The normalized spacial score (nSPS) is 15.4. The van der Waals surface area contributed by atoms with Crippen molar-refractivity contribution in [2.75, 3.05) is 6.61 Å². The van der Waals surface area contributed by atoms with Gasteiger partial charge in [-0.25, -0.2) is 4.79 Å². The van der Waals surface area contributed by atoms with Crippen LogP contribution in [0.5, 0.6) is 0 Å². The molecule has 0 heterocycles. The van der Waals surface area contributed by atoms with Crippen LogP contribution in [0.15, 0.2) is 30.3 Å². The van der Waals surface area contributed by atoms with Gasteiger partial charge in [0.05, 0.1) is 12.7 Å². The summed E-state index contributed by atoms with van der Waals surface area (Å²) in [5, 5.41) is 9.44. The zero-order chi connectivity index (χ0) is 15.7. The summed E-state index contributed by atoms with van der Waals surface area (Å²) in [6.45, 7) is 4.13. The van der Waals surface area contributed by atoms with E-state index in [1.54, 1.807) is 24.3 Å². The van der Waals surface area contributed by atoms with Crippen molar-refractivity contribution in [1.29, 1.82) is 0 Å². The zero-order valence-corrected chi connectivity index (χ0v) is 13.0. The fourth-order valence-electron chi connectivity index (χ4n) is 2.22. The number of ether oxygens (including phenoxy) is 1. The van der Waals surface area contributed by atoms with Gasteiger partial charge in [0.2, 0.25) is 0 Å². The molecule has 0 aromatic heterocycles. The van der Waals surface area contributed by atoms with Gasteiger partial charge >= 0.3 is 5.97 Å². The molecule has 0 radical (unpaired) electrons. The number of hydrogen-bond donors (Lipinski definition) is 2. The van der Waals surface area contributed by atoms with Crippen molar-refractivity contribution in [3.8, 4) is 0 Å². The van der Waals surface area contributed by atoms with E-state index in [0.717, 1.165) is 12.8 Å². The van der Waals surface area contributed by atoms with Crippen LogP contribution in [0.25, 0.3) is 0 Å². The SMILES string of the molecule is CCCCCCC(C)OCC(N)(C(=O)O)c1ccccc1. The van der Waals surface area contributed by atoms with Crippen molar-refractivity contribution in [2.45, 2.75) is 57.6 Å². The number of carboxylic acid groups (broad SMARTS) is 1. The molecule has 3 N–H and O–H groups in total. The molecule has 4 heteroatoms. The third-order valence-corrected chi connectivity index (χ3v) is 3.73. The average Bonchev–Trinajstić information content (AvgIpc) is 2.50. The lowest BCUT2D eigenvalue weighted by Gasteiger charge is -2.27. The minimum Gasteiger partial charge on any atom is -0.480 e. The molecule has 1 aromatic carbocycles. The first-order chi connectivity index (χ1) is 10.0. The Balaban J connectivity index is 2.54. The Morgan fingerprint density at radius 2 is 1.95 bits per heavy atom. The van der Waals surface area contributed by atoms with E-state index < -0.39 is 11.5 Å². The third-order valence-electron chi connectivity index (χ3n) is 3.73. The number of carbonyl (C=O) groups is 1. The van der Waals surface area contributed by atoms with Crippen LogP contribution in [0.3, 0.4) is 0 Å². The summed E-state index contributed by atoms with van der Waals surface area (Å²) in [7, 11) is 0. The number of carboxylic acids is 1. The predicted molar refractivity (Wildman–Crippen MR) is 84.1 cm³/mol. The van der Waals surface area contributed by atoms with Crippen molar-refractivity contribution >= 4 is 5.97 Å². The third kappa shape index (κ3) is 5.48. The molecule has 0 bridgehead atoms. The Morgan fingerprint density at radius 3 is 2.52 bits per heavy atom. The highest BCUT2D eigenvalue weighted by Crippen LogP contribution is 2.20. The maximum atomic E-state index is 11.5. The fraction of sp³-hybridized carbons (Fsp3) is 0.588. The van der Waals surface area contributed by atoms with Gasteiger partial charge < -0.3 is 15.6 Å². The van der Waals surface area contributed by atoms with Crippen LogP contribution in [0.2, 0.25) is 0 Å². The van der Waals surface area contributed by atoms with Crippen molar-refractivity contribution in [2.24, 2.45) is 5.73 Å². The van der Waals surface area contributed by atoms with E-state index in [9.17, 15) is 9.90 Å². The van der Waals surface area contributed by atoms with E-state index in [4.69, 9.17) is 10.5 Å². The van der Waals surface area contributed by atoms with Crippen LogP contribution < -0.4 is 5.73 Å². The maximum absolute atomic E-state index is 11.5. The largest absolute Gasteiger partial charge is 0.480 e. The second-order valence-corrected chi connectivity index (χ2v) is 5.61. The molecule has 0 aliphatic heterocycles. The van der Waals surface area contributed by atoms with Crippen molar-refractivity contribution in [3.05, 3.63) is 35.9 Å². The molecule has 0 saturated carbocycles. The molecule has 0 amide bonds. The van der Waals surface area contributed by atoms with Crippen molar-refractivity contribution in [3.63, 3.8) is 0 Å². The number of hydrogen-bond acceptors (Lipinski definition) is 3. The van der Waals surface area contributed by atoms with E-state index in [-0.39, 0.29) is 12.7 Å². The summed E-state index contributed by atoms with van der Waals surface area (Å²) >= 11 is 0. The van der Waals surface area contributed by atoms with Gasteiger partial charge in [-0.15, -0.1) is 0 Å². The Hall–Kier alpha value is -1.39. The molecule has 1 aromatic rings. The second-order valence-electron chi connectivity index (χ2n) is 5.61. The molecular weight excluding hydrogens is 266 g/mol. The summed E-state index contributed by atoms with van der Waals surface area (Å²) in [6, 6.07) is 8.86. The lowest BCUT2D eigenvalue weighted by atomic mass is 9.92. The van der Waals surface area contributed by atoms with Crippen LogP contribution in [0.4, 0.5) is 0 Å². The molecule has 0 aliphatic rings. The quantitative estimate of drug-likeness (QED) is 0.649. The molecule has 4 nitrogen and oxygen atoms in total. The first kappa shape index (κ1) is 17.7. The molecule has 21 heavy (non-hydrogen) atoms. The Bertz CT molecular complexity index is 421. The van der Waals surface area contributed by atoms with Gasteiger partial charge in [0.1, 0.15) is 0 Å². The van der Waals surface area contributed by atoms with Gasteiger partial charge in [0, 0.05) is 0 Å². The van der Waals surface area contributed by atoms with E-state index >= 15 is 0 Å². The Labute approximate surface area is 127 Å². The molecular formula is C17H27NO3. The minimum atomic E-state index is -1.49. The molecule has 0 aliphatic carbocycles. The summed E-state index contributed by atoms with van der Waals surface area (Å²) in [4.78, 5) is 11.5. The number of rotatable bonds is 10. The molecule has 0 saturated heterocycles. The van der Waals surface area contributed by atoms with Crippen LogP contribution in [0.1, 0.15) is 51.5 Å². The molecule has 2 atom stereocenters. The van der Waals surface area contributed by atoms with E-state index in [1.165, 1.54) is 19.3 Å². The topological polar surface area (TPSA) is 72.5 Å². The Kier molecular flexibility index (Phi) is 7.40. The van der Waals surface area contributed by atoms with E-state index in [1.807, 2.05) is 13.0 Å². The summed E-state index contributed by atoms with van der Waals surface area (Å²) in [6.07, 6.45) is 5.68. The van der Waals surface area contributed by atoms with Gasteiger partial charge in [0.15, 0.2) is 5.54 Å². The Morgan fingerprint density at radius 1 is 1.29 bits per heavy atom. The number of unbranched alkanes of at least 4 members (excludes halogenated alkanes) is 3. The fourth-order valence-corrected chi connectivity index (χ4v) is 2.22. The van der Waals surface area contributed by atoms with Crippen LogP contribution in [-0.4, -0.2) is 23.8 Å². The minimum absolute atomic E-state index is 0.0126. The van der Waals surface area contributed by atoms with Crippen LogP contribution in [0, 0.1) is 0 Å². The maximum Gasteiger partial charge on any atom is 0.330 e. The van der Waals surface area contributed by atoms with Gasteiger partial charge in [-0.1, -0.05) is 62.9 Å². The monoisotopic (exact) mass is 293 g/mol. The smallest absolute Gasteiger partial charge is 0.330 e. The number of benzene rings is 1. The molecule has 0 spiro atoms. The highest BCUT2D eigenvalue weighted by atomic mass is 16.5. The first-order valence-electron chi connectivity index (χ1n) is 7.70. The van der Waals surface area contributed by atoms with Gasteiger partial charge in [-0.2, -0.15) is 0 Å². The highest BCUT2D eigenvalue weighted by molar-refractivity contribution is 5.80. The standard InChI is InChI=1S/C17H27NO3/c1-3-4-5-7-10-14(2)21-13-17(18,16(19)20)15-11-8-6-9-12-15/h6,8-9,11-12,14H,3-5,7,10,13,18H2,1-2H3,(H,19,20). The summed E-state index contributed by atoms with van der Waals surface area (Å²) < 4.78 is 5.70. The van der Waals surface area contributed by atoms with Gasteiger partial charge in [0.25, 0.3) is 0 Å². The highest BCUT2D eigenvalue weighted by Gasteiger charge is 2.36. The summed E-state index contributed by atoms with van der Waals surface area (Å²) in [5.41, 5.74) is 5.14. The van der Waals surface area contributed by atoms with Gasteiger partial charge in [-0.3, -0.25) is 0 Å². The summed E-state index contributed by atoms with van der Waals surface area (Å²) in [5.74, 6) is -1.06. The molecule has 0 fully saturated rings. The molecule has 1 rings (SSSR count). The van der Waals surface area contributed by atoms with Crippen molar-refractivity contribution < 1.29 is 14.6 Å². The lowest BCUT2D eigenvalue weighted by Crippen LogP contribution is -2.49. The van der Waals surface area contributed by atoms with E-state index in [2.05, 4.69) is 6.92 Å². The zero-order valence-electron chi connectivity index (χ0n) is 13.0.